The Labute approximate surface area is 125 Å². The number of carbonyl (C=O) groups is 2. The summed E-state index contributed by atoms with van der Waals surface area (Å²) in [5.74, 6) is -1.26. The number of esters is 1. The molecule has 0 radical (unpaired) electrons. The van der Waals surface area contributed by atoms with Gasteiger partial charge >= 0.3 is 5.97 Å². The highest BCUT2D eigenvalue weighted by atomic mass is 35.5. The van der Waals surface area contributed by atoms with Gasteiger partial charge in [0.1, 0.15) is 0 Å². The fraction of sp³-hybridized carbons (Fsp3) is 0.364. The second-order valence-electron chi connectivity index (χ2n) is 3.52. The summed E-state index contributed by atoms with van der Waals surface area (Å²) in [6.07, 6.45) is 0.225. The Kier molecular flexibility index (Phi) is 5.85. The summed E-state index contributed by atoms with van der Waals surface area (Å²) in [6.45, 7) is 3.63. The number of carbonyl (C=O) groups excluding carboxylic acids is 2. The fourth-order valence-electron chi connectivity index (χ4n) is 1.17. The molecule has 0 aliphatic heterocycles. The van der Waals surface area contributed by atoms with Crippen LogP contribution in [-0.2, 0) is 9.53 Å². The van der Waals surface area contributed by atoms with Crippen molar-refractivity contribution in [3.63, 3.8) is 0 Å². The molecule has 104 valence electrons. The lowest BCUT2D eigenvalue weighted by atomic mass is 10.3. The van der Waals surface area contributed by atoms with Gasteiger partial charge in [-0.3, -0.25) is 4.79 Å². The lowest BCUT2D eigenvalue weighted by Crippen LogP contribution is -2.35. The average Bonchev–Trinajstić information content (AvgIpc) is 2.36. The maximum Gasteiger partial charge on any atom is 0.359 e. The first-order valence-corrected chi connectivity index (χ1v) is 6.50. The molecule has 0 bridgehead atoms. The average molecular weight is 326 g/mol. The van der Waals surface area contributed by atoms with Crippen LogP contribution in [0.1, 0.15) is 24.3 Å². The zero-order chi connectivity index (χ0) is 14.6. The van der Waals surface area contributed by atoms with E-state index in [2.05, 4.69) is 10.3 Å². The van der Waals surface area contributed by atoms with E-state index in [1.807, 2.05) is 0 Å². The fourth-order valence-corrected chi connectivity index (χ4v) is 1.73. The summed E-state index contributed by atoms with van der Waals surface area (Å²) >= 11 is 17.3. The SMILES string of the molecule is CCNC(=O)[C@H](C)OC(=O)c1ncc(Cl)c(Cl)c1Cl. The first kappa shape index (κ1) is 16.0. The predicted molar refractivity (Wildman–Crippen MR) is 72.8 cm³/mol. The standard InChI is InChI=1S/C11H11Cl3N2O3/c1-3-15-10(17)5(2)19-11(18)9-8(14)7(13)6(12)4-16-9/h4-5H,3H2,1-2H3,(H,15,17)/t5-/m0/s1. The largest absolute Gasteiger partial charge is 0.448 e. The van der Waals surface area contributed by atoms with Gasteiger partial charge in [-0.25, -0.2) is 9.78 Å². The van der Waals surface area contributed by atoms with Crippen LogP contribution in [0.3, 0.4) is 0 Å². The second-order valence-corrected chi connectivity index (χ2v) is 4.69. The second kappa shape index (κ2) is 6.93. The quantitative estimate of drug-likeness (QED) is 0.864. The van der Waals surface area contributed by atoms with Gasteiger partial charge in [0.25, 0.3) is 5.91 Å². The highest BCUT2D eigenvalue weighted by molar-refractivity contribution is 6.48. The van der Waals surface area contributed by atoms with Gasteiger partial charge in [-0.05, 0) is 13.8 Å². The summed E-state index contributed by atoms with van der Waals surface area (Å²) in [5, 5.41) is 2.55. The molecule has 0 aliphatic carbocycles. The normalized spacial score (nSPS) is 11.8. The van der Waals surface area contributed by atoms with Gasteiger partial charge in [0.15, 0.2) is 11.8 Å². The summed E-state index contributed by atoms with van der Waals surface area (Å²) in [4.78, 5) is 27.0. The van der Waals surface area contributed by atoms with Gasteiger partial charge in [0.2, 0.25) is 0 Å². The number of rotatable bonds is 4. The van der Waals surface area contributed by atoms with Crippen LogP contribution in [0.15, 0.2) is 6.20 Å². The summed E-state index contributed by atoms with van der Waals surface area (Å²) < 4.78 is 4.93. The third-order valence-corrected chi connectivity index (χ3v) is 3.36. The number of halogens is 3. The lowest BCUT2D eigenvalue weighted by Gasteiger charge is -2.13. The van der Waals surface area contributed by atoms with Crippen molar-refractivity contribution in [3.05, 3.63) is 27.0 Å². The number of nitrogens with one attached hydrogen (secondary N) is 1. The van der Waals surface area contributed by atoms with Crippen LogP contribution < -0.4 is 5.32 Å². The first-order chi connectivity index (χ1) is 8.88. The van der Waals surface area contributed by atoms with E-state index in [1.165, 1.54) is 13.1 Å². The van der Waals surface area contributed by atoms with Crippen LogP contribution >= 0.6 is 34.8 Å². The van der Waals surface area contributed by atoms with Gasteiger partial charge in [-0.2, -0.15) is 0 Å². The number of likely N-dealkylation sites (N-methyl/N-ethyl adjacent to an activating group) is 1. The van der Waals surface area contributed by atoms with Gasteiger partial charge in [-0.1, -0.05) is 34.8 Å². The molecule has 8 heteroatoms. The monoisotopic (exact) mass is 324 g/mol. The molecule has 0 aromatic carbocycles. The van der Waals surface area contributed by atoms with Crippen molar-refractivity contribution in [1.82, 2.24) is 10.3 Å². The summed E-state index contributed by atoms with van der Waals surface area (Å²) in [6, 6.07) is 0. The van der Waals surface area contributed by atoms with E-state index in [0.717, 1.165) is 0 Å². The number of amides is 1. The lowest BCUT2D eigenvalue weighted by molar-refractivity contribution is -0.128. The molecule has 1 aromatic rings. The number of ether oxygens (including phenoxy) is 1. The predicted octanol–water partition coefficient (Wildman–Crippen LogP) is 2.72. The van der Waals surface area contributed by atoms with Crippen LogP contribution in [0.5, 0.6) is 0 Å². The van der Waals surface area contributed by atoms with Crippen LogP contribution in [0, 0.1) is 0 Å². The number of nitrogens with zero attached hydrogens (tertiary/aromatic N) is 1. The molecule has 1 amide bonds. The van der Waals surface area contributed by atoms with Crippen molar-refractivity contribution in [2.24, 2.45) is 0 Å². The van der Waals surface area contributed by atoms with E-state index < -0.39 is 18.0 Å². The molecular formula is C11H11Cl3N2O3. The number of pyridine rings is 1. The van der Waals surface area contributed by atoms with Crippen molar-refractivity contribution in [2.45, 2.75) is 20.0 Å². The maximum atomic E-state index is 11.8. The molecular weight excluding hydrogens is 314 g/mol. The molecule has 1 aromatic heterocycles. The molecule has 19 heavy (non-hydrogen) atoms. The minimum atomic E-state index is -0.959. The molecule has 1 rings (SSSR count). The molecule has 0 unspecified atom stereocenters. The van der Waals surface area contributed by atoms with Crippen LogP contribution in [-0.4, -0.2) is 29.5 Å². The van der Waals surface area contributed by atoms with Crippen molar-refractivity contribution in [3.8, 4) is 0 Å². The Bertz CT molecular complexity index is 508. The molecule has 1 heterocycles. The molecule has 0 saturated carbocycles. The van der Waals surface area contributed by atoms with Crippen molar-refractivity contribution >= 4 is 46.7 Å². The minimum Gasteiger partial charge on any atom is -0.448 e. The topological polar surface area (TPSA) is 68.3 Å². The van der Waals surface area contributed by atoms with E-state index in [-0.39, 0.29) is 20.8 Å². The number of hydrogen-bond donors (Lipinski definition) is 1. The zero-order valence-electron chi connectivity index (χ0n) is 10.2. The Morgan fingerprint density at radius 2 is 2.00 bits per heavy atom. The molecule has 0 fully saturated rings. The zero-order valence-corrected chi connectivity index (χ0v) is 12.4. The molecule has 0 spiro atoms. The Morgan fingerprint density at radius 1 is 1.37 bits per heavy atom. The van der Waals surface area contributed by atoms with Crippen LogP contribution in [0.4, 0.5) is 0 Å². The number of hydrogen-bond acceptors (Lipinski definition) is 4. The number of aromatic nitrogens is 1. The van der Waals surface area contributed by atoms with Gasteiger partial charge in [0, 0.05) is 12.7 Å². The summed E-state index contributed by atoms with van der Waals surface area (Å²) in [7, 11) is 0. The third-order valence-electron chi connectivity index (χ3n) is 2.11. The van der Waals surface area contributed by atoms with E-state index in [4.69, 9.17) is 39.5 Å². The highest BCUT2D eigenvalue weighted by Crippen LogP contribution is 2.31. The Hall–Kier alpha value is -1.04. The molecule has 5 nitrogen and oxygen atoms in total. The van der Waals surface area contributed by atoms with E-state index >= 15 is 0 Å². The Morgan fingerprint density at radius 3 is 2.58 bits per heavy atom. The van der Waals surface area contributed by atoms with E-state index in [1.54, 1.807) is 6.92 Å². The van der Waals surface area contributed by atoms with Gasteiger partial charge in [-0.15, -0.1) is 0 Å². The maximum absolute atomic E-state index is 11.8. The smallest absolute Gasteiger partial charge is 0.359 e. The van der Waals surface area contributed by atoms with E-state index in [9.17, 15) is 9.59 Å². The Balaban J connectivity index is 2.85. The van der Waals surface area contributed by atoms with E-state index in [0.29, 0.717) is 6.54 Å². The molecule has 0 aliphatic rings. The molecule has 0 saturated heterocycles. The highest BCUT2D eigenvalue weighted by Gasteiger charge is 2.23. The first-order valence-electron chi connectivity index (χ1n) is 5.36. The van der Waals surface area contributed by atoms with Crippen molar-refractivity contribution in [1.29, 1.82) is 0 Å². The van der Waals surface area contributed by atoms with Gasteiger partial charge < -0.3 is 10.1 Å². The minimum absolute atomic E-state index is 0.0101. The summed E-state index contributed by atoms with van der Waals surface area (Å²) in [5.41, 5.74) is -0.188. The van der Waals surface area contributed by atoms with Gasteiger partial charge in [0.05, 0.1) is 15.1 Å². The molecule has 1 atom stereocenters. The van der Waals surface area contributed by atoms with Crippen molar-refractivity contribution in [2.75, 3.05) is 6.54 Å². The van der Waals surface area contributed by atoms with Crippen LogP contribution in [0.2, 0.25) is 15.1 Å². The van der Waals surface area contributed by atoms with Crippen LogP contribution in [0.25, 0.3) is 0 Å². The third kappa shape index (κ3) is 3.96. The molecule has 1 N–H and O–H groups in total. The van der Waals surface area contributed by atoms with Crippen molar-refractivity contribution < 1.29 is 14.3 Å².